The SMILES string of the molecule is CC(O)CCCN[C@@H](C)CN. The van der Waals surface area contributed by atoms with Gasteiger partial charge in [0.1, 0.15) is 0 Å². The average Bonchev–Trinajstić information content (AvgIpc) is 1.97. The van der Waals surface area contributed by atoms with Gasteiger partial charge in [0, 0.05) is 12.6 Å². The van der Waals surface area contributed by atoms with E-state index in [-0.39, 0.29) is 6.10 Å². The molecule has 0 radical (unpaired) electrons. The molecule has 0 heterocycles. The summed E-state index contributed by atoms with van der Waals surface area (Å²) in [6.45, 7) is 5.49. The Bertz CT molecular complexity index is 86.2. The van der Waals surface area contributed by atoms with Crippen LogP contribution < -0.4 is 11.1 Å². The molecule has 68 valence electrons. The molecule has 0 rings (SSSR count). The van der Waals surface area contributed by atoms with Crippen molar-refractivity contribution >= 4 is 0 Å². The summed E-state index contributed by atoms with van der Waals surface area (Å²) < 4.78 is 0. The summed E-state index contributed by atoms with van der Waals surface area (Å²) in [7, 11) is 0. The van der Waals surface area contributed by atoms with Gasteiger partial charge in [-0.25, -0.2) is 0 Å². The fraction of sp³-hybridized carbons (Fsp3) is 1.00. The first-order valence-corrected chi connectivity index (χ1v) is 4.28. The monoisotopic (exact) mass is 160 g/mol. The van der Waals surface area contributed by atoms with Crippen molar-refractivity contribution < 1.29 is 5.11 Å². The maximum Gasteiger partial charge on any atom is 0.0512 e. The molecule has 0 saturated heterocycles. The standard InChI is InChI=1S/C8H20N2O/c1-7(6-9)10-5-3-4-8(2)11/h7-8,10-11H,3-6,9H2,1-2H3/t7-,8?/m0/s1. The molecule has 11 heavy (non-hydrogen) atoms. The molecule has 1 unspecified atom stereocenters. The van der Waals surface area contributed by atoms with E-state index in [2.05, 4.69) is 12.2 Å². The molecule has 0 aliphatic rings. The number of aliphatic hydroxyl groups is 1. The molecule has 0 saturated carbocycles. The number of nitrogens with two attached hydrogens (primary N) is 1. The fourth-order valence-corrected chi connectivity index (χ4v) is 0.829. The van der Waals surface area contributed by atoms with Gasteiger partial charge in [0.05, 0.1) is 6.10 Å². The van der Waals surface area contributed by atoms with Crippen LogP contribution in [0.3, 0.4) is 0 Å². The minimum atomic E-state index is -0.176. The number of hydrogen-bond donors (Lipinski definition) is 3. The van der Waals surface area contributed by atoms with E-state index in [1.165, 1.54) is 0 Å². The number of rotatable bonds is 6. The molecule has 0 fully saturated rings. The van der Waals surface area contributed by atoms with Crippen LogP contribution in [0.5, 0.6) is 0 Å². The van der Waals surface area contributed by atoms with E-state index < -0.39 is 0 Å². The van der Waals surface area contributed by atoms with E-state index >= 15 is 0 Å². The Morgan fingerprint density at radius 1 is 1.45 bits per heavy atom. The van der Waals surface area contributed by atoms with E-state index in [0.717, 1.165) is 19.4 Å². The lowest BCUT2D eigenvalue weighted by Crippen LogP contribution is -2.33. The van der Waals surface area contributed by atoms with E-state index in [1.54, 1.807) is 0 Å². The highest BCUT2D eigenvalue weighted by atomic mass is 16.3. The van der Waals surface area contributed by atoms with Crippen LogP contribution in [-0.4, -0.2) is 30.3 Å². The quantitative estimate of drug-likeness (QED) is 0.482. The lowest BCUT2D eigenvalue weighted by Gasteiger charge is -2.11. The Morgan fingerprint density at radius 3 is 2.55 bits per heavy atom. The van der Waals surface area contributed by atoms with Crippen molar-refractivity contribution in [2.24, 2.45) is 5.73 Å². The molecular formula is C8H20N2O. The van der Waals surface area contributed by atoms with Crippen molar-refractivity contribution in [1.29, 1.82) is 0 Å². The smallest absolute Gasteiger partial charge is 0.0512 e. The Morgan fingerprint density at radius 2 is 2.09 bits per heavy atom. The Kier molecular flexibility index (Phi) is 6.51. The van der Waals surface area contributed by atoms with Gasteiger partial charge in [0.15, 0.2) is 0 Å². The zero-order valence-corrected chi connectivity index (χ0v) is 7.51. The Labute approximate surface area is 69.0 Å². The third kappa shape index (κ3) is 7.78. The van der Waals surface area contributed by atoms with Crippen LogP contribution in [0.15, 0.2) is 0 Å². The summed E-state index contributed by atoms with van der Waals surface area (Å²) >= 11 is 0. The van der Waals surface area contributed by atoms with Crippen molar-refractivity contribution in [3.05, 3.63) is 0 Å². The summed E-state index contributed by atoms with van der Waals surface area (Å²) in [5.41, 5.74) is 5.40. The Balaban J connectivity index is 3.01. The van der Waals surface area contributed by atoms with Gasteiger partial charge in [0.25, 0.3) is 0 Å². The van der Waals surface area contributed by atoms with Gasteiger partial charge in [-0.15, -0.1) is 0 Å². The van der Waals surface area contributed by atoms with Crippen LogP contribution >= 0.6 is 0 Å². The van der Waals surface area contributed by atoms with E-state index in [1.807, 2.05) is 6.92 Å². The minimum absolute atomic E-state index is 0.176. The average molecular weight is 160 g/mol. The molecule has 3 heteroatoms. The Hall–Kier alpha value is -0.120. The topological polar surface area (TPSA) is 58.3 Å². The summed E-state index contributed by atoms with van der Waals surface area (Å²) in [6.07, 6.45) is 1.71. The van der Waals surface area contributed by atoms with Crippen LogP contribution in [-0.2, 0) is 0 Å². The number of hydrogen-bond acceptors (Lipinski definition) is 3. The first-order chi connectivity index (χ1) is 5.16. The van der Waals surface area contributed by atoms with Crippen molar-refractivity contribution in [3.63, 3.8) is 0 Å². The second-order valence-electron chi connectivity index (χ2n) is 3.08. The highest BCUT2D eigenvalue weighted by Crippen LogP contribution is 1.93. The first-order valence-electron chi connectivity index (χ1n) is 4.28. The largest absolute Gasteiger partial charge is 0.393 e. The predicted octanol–water partition coefficient (Wildman–Crippen LogP) is 0.0842. The van der Waals surface area contributed by atoms with Crippen LogP contribution in [0.2, 0.25) is 0 Å². The molecule has 0 bridgehead atoms. The predicted molar refractivity (Wildman–Crippen MR) is 47.4 cm³/mol. The van der Waals surface area contributed by atoms with Crippen molar-refractivity contribution in [2.45, 2.75) is 38.8 Å². The molecule has 4 N–H and O–H groups in total. The third-order valence-electron chi connectivity index (χ3n) is 1.65. The van der Waals surface area contributed by atoms with Crippen molar-refractivity contribution in [1.82, 2.24) is 5.32 Å². The summed E-state index contributed by atoms with van der Waals surface area (Å²) in [5.74, 6) is 0. The molecule has 2 atom stereocenters. The lowest BCUT2D eigenvalue weighted by molar-refractivity contribution is 0.181. The number of aliphatic hydroxyl groups excluding tert-OH is 1. The van der Waals surface area contributed by atoms with Gasteiger partial charge in [-0.3, -0.25) is 0 Å². The molecule has 0 spiro atoms. The second kappa shape index (κ2) is 6.58. The maximum atomic E-state index is 8.92. The lowest BCUT2D eigenvalue weighted by atomic mass is 10.2. The summed E-state index contributed by atoms with van der Waals surface area (Å²) in [5, 5.41) is 12.2. The molecule has 0 aliphatic carbocycles. The minimum Gasteiger partial charge on any atom is -0.393 e. The first kappa shape index (κ1) is 10.9. The molecule has 0 aromatic heterocycles. The van der Waals surface area contributed by atoms with Crippen LogP contribution in [0.1, 0.15) is 26.7 Å². The van der Waals surface area contributed by atoms with E-state index in [4.69, 9.17) is 10.8 Å². The molecule has 3 nitrogen and oxygen atoms in total. The van der Waals surface area contributed by atoms with Gasteiger partial charge < -0.3 is 16.2 Å². The summed E-state index contributed by atoms with van der Waals surface area (Å²) in [4.78, 5) is 0. The zero-order valence-electron chi connectivity index (χ0n) is 7.51. The summed E-state index contributed by atoms with van der Waals surface area (Å²) in [6, 6.07) is 0.393. The zero-order chi connectivity index (χ0) is 8.69. The highest BCUT2D eigenvalue weighted by molar-refractivity contribution is 4.60. The van der Waals surface area contributed by atoms with Gasteiger partial charge in [0.2, 0.25) is 0 Å². The molecule has 0 amide bonds. The highest BCUT2D eigenvalue weighted by Gasteiger charge is 1.98. The van der Waals surface area contributed by atoms with Crippen molar-refractivity contribution in [2.75, 3.05) is 13.1 Å². The van der Waals surface area contributed by atoms with Crippen molar-refractivity contribution in [3.8, 4) is 0 Å². The van der Waals surface area contributed by atoms with Gasteiger partial charge in [-0.2, -0.15) is 0 Å². The number of nitrogens with one attached hydrogen (secondary N) is 1. The van der Waals surface area contributed by atoms with E-state index in [0.29, 0.717) is 12.6 Å². The normalized spacial score (nSPS) is 16.4. The van der Waals surface area contributed by atoms with Gasteiger partial charge >= 0.3 is 0 Å². The second-order valence-corrected chi connectivity index (χ2v) is 3.08. The van der Waals surface area contributed by atoms with Crippen LogP contribution in [0.4, 0.5) is 0 Å². The van der Waals surface area contributed by atoms with Crippen LogP contribution in [0, 0.1) is 0 Å². The van der Waals surface area contributed by atoms with E-state index in [9.17, 15) is 0 Å². The molecule has 0 aromatic rings. The molecular weight excluding hydrogens is 140 g/mol. The third-order valence-corrected chi connectivity index (χ3v) is 1.65. The van der Waals surface area contributed by atoms with Gasteiger partial charge in [-0.1, -0.05) is 0 Å². The molecule has 0 aromatic carbocycles. The fourth-order valence-electron chi connectivity index (χ4n) is 0.829. The van der Waals surface area contributed by atoms with Crippen LogP contribution in [0.25, 0.3) is 0 Å². The molecule has 0 aliphatic heterocycles. The maximum absolute atomic E-state index is 8.92. The van der Waals surface area contributed by atoms with Gasteiger partial charge in [-0.05, 0) is 33.2 Å².